The standard InChI is InChI=1S/C13H18N4O/c1-8-6-10(18)7-11(15-8)12-9(2)17-5-4-14-13(17)16(12)3/h4-5,8,11,15H,6-7H2,1-3H3. The fourth-order valence-corrected chi connectivity index (χ4v) is 3.05. The Morgan fingerprint density at radius 1 is 1.44 bits per heavy atom. The van der Waals surface area contributed by atoms with E-state index in [2.05, 4.69) is 33.1 Å². The summed E-state index contributed by atoms with van der Waals surface area (Å²) in [5, 5.41) is 3.51. The Kier molecular flexibility index (Phi) is 2.52. The number of rotatable bonds is 1. The molecule has 5 heteroatoms. The summed E-state index contributed by atoms with van der Waals surface area (Å²) in [5.74, 6) is 1.26. The summed E-state index contributed by atoms with van der Waals surface area (Å²) in [5.41, 5.74) is 2.32. The van der Waals surface area contributed by atoms with Gasteiger partial charge in [-0.3, -0.25) is 9.20 Å². The lowest BCUT2D eigenvalue weighted by Gasteiger charge is -2.28. The molecule has 0 bridgehead atoms. The first kappa shape index (κ1) is 11.5. The lowest BCUT2D eigenvalue weighted by molar-refractivity contribution is -0.121. The van der Waals surface area contributed by atoms with E-state index in [1.807, 2.05) is 13.2 Å². The third-order valence-electron chi connectivity index (χ3n) is 3.80. The fourth-order valence-electron chi connectivity index (χ4n) is 3.05. The first-order valence-electron chi connectivity index (χ1n) is 6.34. The Labute approximate surface area is 106 Å². The SMILES string of the molecule is Cc1c(C2CC(=O)CC(C)N2)n(C)c2nccn12. The number of nitrogens with zero attached hydrogens (tertiary/aromatic N) is 3. The highest BCUT2D eigenvalue weighted by Crippen LogP contribution is 2.27. The molecule has 1 aliphatic heterocycles. The zero-order valence-corrected chi connectivity index (χ0v) is 11.0. The number of piperidine rings is 1. The van der Waals surface area contributed by atoms with Gasteiger partial charge in [0.2, 0.25) is 5.78 Å². The molecule has 5 nitrogen and oxygen atoms in total. The average molecular weight is 246 g/mol. The van der Waals surface area contributed by atoms with Crippen molar-refractivity contribution in [2.24, 2.45) is 7.05 Å². The summed E-state index contributed by atoms with van der Waals surface area (Å²) in [6.07, 6.45) is 4.97. The van der Waals surface area contributed by atoms with E-state index in [4.69, 9.17) is 0 Å². The van der Waals surface area contributed by atoms with Gasteiger partial charge in [-0.1, -0.05) is 0 Å². The quantitative estimate of drug-likeness (QED) is 0.826. The Morgan fingerprint density at radius 3 is 2.89 bits per heavy atom. The van der Waals surface area contributed by atoms with E-state index in [9.17, 15) is 4.79 Å². The molecular formula is C13H18N4O. The molecule has 0 aromatic carbocycles. The maximum absolute atomic E-state index is 11.8. The molecule has 2 aromatic heterocycles. The molecule has 2 unspecified atom stereocenters. The largest absolute Gasteiger partial charge is 0.315 e. The molecule has 2 aromatic rings. The van der Waals surface area contributed by atoms with Gasteiger partial charge in [0.15, 0.2) is 0 Å². The van der Waals surface area contributed by atoms with Crippen molar-refractivity contribution in [1.82, 2.24) is 19.3 Å². The van der Waals surface area contributed by atoms with Crippen LogP contribution in [0.25, 0.3) is 5.78 Å². The first-order valence-corrected chi connectivity index (χ1v) is 6.34. The molecule has 0 amide bonds. The van der Waals surface area contributed by atoms with Crippen molar-refractivity contribution in [3.8, 4) is 0 Å². The highest BCUT2D eigenvalue weighted by atomic mass is 16.1. The molecule has 2 atom stereocenters. The number of hydrogen-bond acceptors (Lipinski definition) is 3. The topological polar surface area (TPSA) is 51.3 Å². The summed E-state index contributed by atoms with van der Waals surface area (Å²) in [7, 11) is 2.01. The number of ketones is 1. The van der Waals surface area contributed by atoms with Gasteiger partial charge in [0, 0.05) is 44.0 Å². The molecule has 96 valence electrons. The second-order valence-corrected chi connectivity index (χ2v) is 5.19. The number of fused-ring (bicyclic) bond motifs is 1. The molecule has 0 radical (unpaired) electrons. The van der Waals surface area contributed by atoms with E-state index in [0.717, 1.165) is 17.2 Å². The van der Waals surface area contributed by atoms with E-state index < -0.39 is 0 Å². The van der Waals surface area contributed by atoms with Crippen LogP contribution in [-0.2, 0) is 11.8 Å². The van der Waals surface area contributed by atoms with E-state index >= 15 is 0 Å². The van der Waals surface area contributed by atoms with Crippen molar-refractivity contribution in [2.45, 2.75) is 38.8 Å². The minimum atomic E-state index is 0.105. The van der Waals surface area contributed by atoms with Crippen molar-refractivity contribution in [2.75, 3.05) is 0 Å². The van der Waals surface area contributed by atoms with Crippen LogP contribution in [0.3, 0.4) is 0 Å². The zero-order chi connectivity index (χ0) is 12.9. The van der Waals surface area contributed by atoms with Crippen LogP contribution in [0.15, 0.2) is 12.4 Å². The number of Topliss-reactive ketones (excluding diaryl/α,β-unsaturated/α-hetero) is 1. The van der Waals surface area contributed by atoms with Crippen LogP contribution in [0.5, 0.6) is 0 Å². The van der Waals surface area contributed by atoms with Crippen LogP contribution in [0, 0.1) is 6.92 Å². The number of carbonyl (C=O) groups is 1. The van der Waals surface area contributed by atoms with E-state index in [0.29, 0.717) is 18.6 Å². The van der Waals surface area contributed by atoms with Gasteiger partial charge in [0.25, 0.3) is 0 Å². The van der Waals surface area contributed by atoms with Crippen LogP contribution >= 0.6 is 0 Å². The molecule has 0 spiro atoms. The second kappa shape index (κ2) is 3.95. The molecule has 0 aliphatic carbocycles. The van der Waals surface area contributed by atoms with Crippen LogP contribution in [0.4, 0.5) is 0 Å². The predicted octanol–water partition coefficient (Wildman–Crippen LogP) is 1.36. The molecule has 18 heavy (non-hydrogen) atoms. The normalized spacial score (nSPS) is 24.9. The maximum Gasteiger partial charge on any atom is 0.214 e. The molecule has 1 saturated heterocycles. The zero-order valence-electron chi connectivity index (χ0n) is 11.0. The van der Waals surface area contributed by atoms with Crippen molar-refractivity contribution >= 4 is 11.6 Å². The maximum atomic E-state index is 11.8. The monoisotopic (exact) mass is 246 g/mol. The number of nitrogens with one attached hydrogen (secondary N) is 1. The van der Waals surface area contributed by atoms with Crippen LogP contribution < -0.4 is 5.32 Å². The van der Waals surface area contributed by atoms with Gasteiger partial charge in [-0.05, 0) is 13.8 Å². The fraction of sp³-hybridized carbons (Fsp3) is 0.538. The number of imidazole rings is 2. The van der Waals surface area contributed by atoms with Crippen molar-refractivity contribution in [3.63, 3.8) is 0 Å². The predicted molar refractivity (Wildman–Crippen MR) is 68.5 cm³/mol. The van der Waals surface area contributed by atoms with Crippen molar-refractivity contribution < 1.29 is 4.79 Å². The summed E-state index contributed by atoms with van der Waals surface area (Å²) in [6.45, 7) is 4.14. The number of carbonyl (C=O) groups excluding carboxylic acids is 1. The third-order valence-corrected chi connectivity index (χ3v) is 3.80. The minimum absolute atomic E-state index is 0.105. The van der Waals surface area contributed by atoms with Crippen LogP contribution in [0.1, 0.15) is 37.2 Å². The molecule has 0 saturated carbocycles. The van der Waals surface area contributed by atoms with E-state index in [-0.39, 0.29) is 12.1 Å². The Balaban J connectivity index is 2.08. The lowest BCUT2D eigenvalue weighted by atomic mass is 9.95. The Bertz CT molecular complexity index is 575. The summed E-state index contributed by atoms with van der Waals surface area (Å²) < 4.78 is 4.15. The molecule has 1 N–H and O–H groups in total. The van der Waals surface area contributed by atoms with Gasteiger partial charge in [0.05, 0.1) is 11.7 Å². The highest BCUT2D eigenvalue weighted by molar-refractivity contribution is 5.80. The Hall–Kier alpha value is -1.62. The number of aryl methyl sites for hydroxylation is 2. The molecule has 3 rings (SSSR count). The van der Waals surface area contributed by atoms with Gasteiger partial charge in [0.1, 0.15) is 5.78 Å². The van der Waals surface area contributed by atoms with Crippen LogP contribution in [-0.4, -0.2) is 25.8 Å². The third kappa shape index (κ3) is 1.58. The smallest absolute Gasteiger partial charge is 0.214 e. The van der Waals surface area contributed by atoms with Crippen LogP contribution in [0.2, 0.25) is 0 Å². The molecule has 1 fully saturated rings. The average Bonchev–Trinajstić information content (AvgIpc) is 2.83. The molecular weight excluding hydrogens is 228 g/mol. The van der Waals surface area contributed by atoms with Gasteiger partial charge >= 0.3 is 0 Å². The highest BCUT2D eigenvalue weighted by Gasteiger charge is 2.29. The van der Waals surface area contributed by atoms with Gasteiger partial charge in [-0.25, -0.2) is 4.98 Å². The number of aromatic nitrogens is 3. The van der Waals surface area contributed by atoms with E-state index in [1.54, 1.807) is 6.20 Å². The summed E-state index contributed by atoms with van der Waals surface area (Å²) in [6, 6.07) is 0.353. The molecule has 1 aliphatic rings. The summed E-state index contributed by atoms with van der Waals surface area (Å²) >= 11 is 0. The van der Waals surface area contributed by atoms with Gasteiger partial charge in [-0.15, -0.1) is 0 Å². The van der Waals surface area contributed by atoms with Gasteiger partial charge in [-0.2, -0.15) is 0 Å². The summed E-state index contributed by atoms with van der Waals surface area (Å²) in [4.78, 5) is 16.1. The second-order valence-electron chi connectivity index (χ2n) is 5.19. The van der Waals surface area contributed by atoms with Crippen molar-refractivity contribution in [1.29, 1.82) is 0 Å². The lowest BCUT2D eigenvalue weighted by Crippen LogP contribution is -2.39. The molecule has 3 heterocycles. The van der Waals surface area contributed by atoms with E-state index in [1.165, 1.54) is 0 Å². The Morgan fingerprint density at radius 2 is 2.22 bits per heavy atom. The minimum Gasteiger partial charge on any atom is -0.315 e. The van der Waals surface area contributed by atoms with Crippen molar-refractivity contribution in [3.05, 3.63) is 23.8 Å². The number of hydrogen-bond donors (Lipinski definition) is 1. The van der Waals surface area contributed by atoms with Gasteiger partial charge < -0.3 is 9.88 Å². The first-order chi connectivity index (χ1) is 8.58.